The number of esters is 1. The van der Waals surface area contributed by atoms with Crippen LogP contribution in [0.4, 0.5) is 0 Å². The lowest BCUT2D eigenvalue weighted by molar-refractivity contribution is -0.154. The van der Waals surface area contributed by atoms with E-state index in [9.17, 15) is 9.59 Å². The second kappa shape index (κ2) is 5.79. The Morgan fingerprint density at radius 3 is 2.75 bits per heavy atom. The molecule has 0 aromatic carbocycles. The molecule has 0 bridgehead atoms. The van der Waals surface area contributed by atoms with E-state index in [-0.39, 0.29) is 23.3 Å². The first-order chi connectivity index (χ1) is 7.56. The molecule has 0 aliphatic carbocycles. The molecule has 1 aliphatic rings. The molecular formula is C10H16N2O3S. The zero-order valence-corrected chi connectivity index (χ0v) is 10.1. The van der Waals surface area contributed by atoms with Crippen molar-refractivity contribution in [2.24, 2.45) is 5.73 Å². The van der Waals surface area contributed by atoms with E-state index in [1.165, 1.54) is 12.0 Å². The summed E-state index contributed by atoms with van der Waals surface area (Å²) in [5.41, 5.74) is 5.32. The highest BCUT2D eigenvalue weighted by Gasteiger charge is 2.32. The highest BCUT2D eigenvalue weighted by molar-refractivity contribution is 7.80. The van der Waals surface area contributed by atoms with Crippen molar-refractivity contribution in [2.45, 2.75) is 31.7 Å². The SMILES string of the molecule is COC(=O)C1CCCCN1C(=O)CC(N)=S. The molecular weight excluding hydrogens is 228 g/mol. The maximum absolute atomic E-state index is 11.8. The Kier molecular flexibility index (Phi) is 4.67. The number of piperidine rings is 1. The van der Waals surface area contributed by atoms with Gasteiger partial charge in [-0.1, -0.05) is 12.2 Å². The Balaban J connectivity index is 2.69. The number of thiocarbonyl (C=S) groups is 1. The van der Waals surface area contributed by atoms with Crippen molar-refractivity contribution in [3.05, 3.63) is 0 Å². The fraction of sp³-hybridized carbons (Fsp3) is 0.700. The summed E-state index contributed by atoms with van der Waals surface area (Å²) in [5.74, 6) is -0.557. The molecule has 6 heteroatoms. The number of ether oxygens (including phenoxy) is 1. The lowest BCUT2D eigenvalue weighted by Gasteiger charge is -2.33. The van der Waals surface area contributed by atoms with Gasteiger partial charge in [0, 0.05) is 6.54 Å². The molecule has 1 heterocycles. The van der Waals surface area contributed by atoms with Gasteiger partial charge >= 0.3 is 5.97 Å². The average molecular weight is 244 g/mol. The number of nitrogens with zero attached hydrogens (tertiary/aromatic N) is 1. The summed E-state index contributed by atoms with van der Waals surface area (Å²) in [5, 5.41) is 0. The minimum absolute atomic E-state index is 0.0167. The van der Waals surface area contributed by atoms with Crippen LogP contribution in [-0.2, 0) is 14.3 Å². The fourth-order valence-corrected chi connectivity index (χ4v) is 1.99. The van der Waals surface area contributed by atoms with Gasteiger partial charge in [-0.2, -0.15) is 0 Å². The zero-order valence-electron chi connectivity index (χ0n) is 9.27. The standard InChI is InChI=1S/C10H16N2O3S/c1-15-10(14)7-4-2-3-5-12(7)9(13)6-8(11)16/h7H,2-6H2,1H3,(H2,11,16). The molecule has 5 nitrogen and oxygen atoms in total. The van der Waals surface area contributed by atoms with Crippen molar-refractivity contribution in [2.75, 3.05) is 13.7 Å². The van der Waals surface area contributed by atoms with Gasteiger partial charge in [0.15, 0.2) is 0 Å². The summed E-state index contributed by atoms with van der Waals surface area (Å²) in [4.78, 5) is 25.0. The number of rotatable bonds is 3. The Morgan fingerprint density at radius 2 is 2.19 bits per heavy atom. The monoisotopic (exact) mass is 244 g/mol. The summed E-state index contributed by atoms with van der Waals surface area (Å²) >= 11 is 4.69. The third kappa shape index (κ3) is 3.16. The van der Waals surface area contributed by atoms with E-state index < -0.39 is 6.04 Å². The van der Waals surface area contributed by atoms with Crippen molar-refractivity contribution in [3.63, 3.8) is 0 Å². The van der Waals surface area contributed by atoms with Crippen LogP contribution in [0.1, 0.15) is 25.7 Å². The highest BCUT2D eigenvalue weighted by atomic mass is 32.1. The van der Waals surface area contributed by atoms with E-state index in [2.05, 4.69) is 17.0 Å². The largest absolute Gasteiger partial charge is 0.467 e. The number of methoxy groups -OCH3 is 1. The summed E-state index contributed by atoms with van der Waals surface area (Å²) in [6.07, 6.45) is 2.49. The van der Waals surface area contributed by atoms with E-state index in [4.69, 9.17) is 5.73 Å². The second-order valence-corrected chi connectivity index (χ2v) is 4.29. The van der Waals surface area contributed by atoms with Crippen molar-refractivity contribution >= 4 is 29.1 Å². The predicted molar refractivity (Wildman–Crippen MR) is 62.8 cm³/mol. The number of carbonyl (C=O) groups is 2. The Hall–Kier alpha value is -1.17. The zero-order chi connectivity index (χ0) is 12.1. The number of nitrogens with two attached hydrogens (primary N) is 1. The molecule has 1 unspecified atom stereocenters. The second-order valence-electron chi connectivity index (χ2n) is 3.76. The van der Waals surface area contributed by atoms with Gasteiger partial charge in [-0.25, -0.2) is 4.79 Å². The van der Waals surface area contributed by atoms with Crippen LogP contribution >= 0.6 is 12.2 Å². The van der Waals surface area contributed by atoms with E-state index >= 15 is 0 Å². The van der Waals surface area contributed by atoms with Crippen LogP contribution in [0.2, 0.25) is 0 Å². The summed E-state index contributed by atoms with van der Waals surface area (Å²) in [6, 6.07) is -0.472. The number of amides is 1. The molecule has 1 rings (SSSR count). The molecule has 2 N–H and O–H groups in total. The topological polar surface area (TPSA) is 72.6 Å². The van der Waals surface area contributed by atoms with Gasteiger partial charge in [-0.15, -0.1) is 0 Å². The molecule has 1 atom stereocenters. The van der Waals surface area contributed by atoms with Gasteiger partial charge in [0.1, 0.15) is 6.04 Å². The molecule has 0 radical (unpaired) electrons. The minimum Gasteiger partial charge on any atom is -0.467 e. The first kappa shape index (κ1) is 12.9. The molecule has 16 heavy (non-hydrogen) atoms. The highest BCUT2D eigenvalue weighted by Crippen LogP contribution is 2.18. The Labute approximate surface area is 99.9 Å². The average Bonchev–Trinajstić information content (AvgIpc) is 2.27. The lowest BCUT2D eigenvalue weighted by atomic mass is 10.0. The maximum atomic E-state index is 11.8. The summed E-state index contributed by atoms with van der Waals surface area (Å²) < 4.78 is 4.68. The first-order valence-electron chi connectivity index (χ1n) is 5.22. The van der Waals surface area contributed by atoms with Crippen LogP contribution in [0.15, 0.2) is 0 Å². The van der Waals surface area contributed by atoms with E-state index in [1.807, 2.05) is 0 Å². The summed E-state index contributed by atoms with van der Waals surface area (Å²) in [7, 11) is 1.33. The number of likely N-dealkylation sites (tertiary alicyclic amines) is 1. The quantitative estimate of drug-likeness (QED) is 0.568. The van der Waals surface area contributed by atoms with Crippen LogP contribution < -0.4 is 5.73 Å². The van der Waals surface area contributed by atoms with Gasteiger partial charge in [-0.05, 0) is 19.3 Å². The summed E-state index contributed by atoms with van der Waals surface area (Å²) in [6.45, 7) is 0.571. The van der Waals surface area contributed by atoms with Crippen molar-refractivity contribution in [3.8, 4) is 0 Å². The molecule has 1 aliphatic heterocycles. The van der Waals surface area contributed by atoms with Crippen LogP contribution in [0, 0.1) is 0 Å². The first-order valence-corrected chi connectivity index (χ1v) is 5.62. The van der Waals surface area contributed by atoms with Gasteiger partial charge in [0.2, 0.25) is 5.91 Å². The Bertz CT molecular complexity index is 306. The normalized spacial score (nSPS) is 20.3. The predicted octanol–water partition coefficient (Wildman–Crippen LogP) is 0.217. The third-order valence-corrected chi connectivity index (χ3v) is 2.77. The van der Waals surface area contributed by atoms with Gasteiger partial charge < -0.3 is 15.4 Å². The number of carbonyl (C=O) groups excluding carboxylic acids is 2. The third-order valence-electron chi connectivity index (χ3n) is 2.62. The van der Waals surface area contributed by atoms with E-state index in [0.29, 0.717) is 13.0 Å². The molecule has 0 aromatic heterocycles. The van der Waals surface area contributed by atoms with E-state index in [1.54, 1.807) is 0 Å². The number of hydrogen-bond donors (Lipinski definition) is 1. The van der Waals surface area contributed by atoms with Crippen molar-refractivity contribution in [1.29, 1.82) is 0 Å². The van der Waals surface area contributed by atoms with Crippen LogP contribution in [0.25, 0.3) is 0 Å². The van der Waals surface area contributed by atoms with Crippen LogP contribution in [-0.4, -0.2) is 41.5 Å². The van der Waals surface area contributed by atoms with Gasteiger partial charge in [-0.3, -0.25) is 4.79 Å². The van der Waals surface area contributed by atoms with Crippen molar-refractivity contribution < 1.29 is 14.3 Å². The minimum atomic E-state index is -0.472. The molecule has 1 fully saturated rings. The van der Waals surface area contributed by atoms with Gasteiger partial charge in [0.05, 0.1) is 18.5 Å². The molecule has 90 valence electrons. The van der Waals surface area contributed by atoms with Crippen molar-refractivity contribution in [1.82, 2.24) is 4.90 Å². The molecule has 0 saturated carbocycles. The Morgan fingerprint density at radius 1 is 1.50 bits per heavy atom. The molecule has 1 amide bonds. The number of hydrogen-bond acceptors (Lipinski definition) is 4. The fourth-order valence-electron chi connectivity index (χ4n) is 1.86. The maximum Gasteiger partial charge on any atom is 0.328 e. The van der Waals surface area contributed by atoms with Crippen LogP contribution in [0.5, 0.6) is 0 Å². The molecule has 1 saturated heterocycles. The van der Waals surface area contributed by atoms with Crippen LogP contribution in [0.3, 0.4) is 0 Å². The van der Waals surface area contributed by atoms with Gasteiger partial charge in [0.25, 0.3) is 0 Å². The smallest absolute Gasteiger partial charge is 0.328 e. The van der Waals surface area contributed by atoms with E-state index in [0.717, 1.165) is 12.8 Å². The molecule has 0 spiro atoms. The molecule has 0 aromatic rings. The lowest BCUT2D eigenvalue weighted by Crippen LogP contribution is -2.49.